The van der Waals surface area contributed by atoms with Gasteiger partial charge in [0.05, 0.1) is 10.2 Å². The lowest BCUT2D eigenvalue weighted by Crippen LogP contribution is -2.29. The van der Waals surface area contributed by atoms with Gasteiger partial charge in [-0.25, -0.2) is 4.98 Å². The van der Waals surface area contributed by atoms with Gasteiger partial charge in [0.2, 0.25) is 0 Å². The summed E-state index contributed by atoms with van der Waals surface area (Å²) in [4.78, 5) is 4.71. The zero-order chi connectivity index (χ0) is 12.5. The molecule has 0 aliphatic heterocycles. The Kier molecular flexibility index (Phi) is 3.76. The van der Waals surface area contributed by atoms with Crippen molar-refractivity contribution in [3.05, 3.63) is 23.8 Å². The molecule has 0 fully saturated rings. The fraction of sp³-hybridized carbons (Fsp3) is 0.462. The van der Waals surface area contributed by atoms with E-state index < -0.39 is 0 Å². The molecule has 1 aromatic carbocycles. The first-order chi connectivity index (χ1) is 7.99. The van der Waals surface area contributed by atoms with Gasteiger partial charge in [0.1, 0.15) is 0 Å². The first-order valence-electron chi connectivity index (χ1n) is 5.82. The Balaban J connectivity index is 2.26. The monoisotopic (exact) mass is 266 g/mol. The number of nitrogens with zero attached hydrogens (tertiary/aromatic N) is 1. The molecule has 2 rings (SSSR count). The molecule has 0 atom stereocenters. The van der Waals surface area contributed by atoms with Crippen LogP contribution in [0.3, 0.4) is 0 Å². The Hall–Kier alpha value is -0.580. The molecule has 0 aliphatic rings. The van der Waals surface area contributed by atoms with Crippen molar-refractivity contribution in [2.24, 2.45) is 0 Å². The zero-order valence-corrected chi connectivity index (χ0v) is 12.3. The van der Waals surface area contributed by atoms with Crippen molar-refractivity contribution in [1.82, 2.24) is 9.71 Å². The summed E-state index contributed by atoms with van der Waals surface area (Å²) < 4.78 is 5.77. The number of aromatic nitrogens is 1. The number of benzene rings is 1. The van der Waals surface area contributed by atoms with Gasteiger partial charge in [-0.05, 0) is 50.8 Å². The molecule has 1 N–H and O–H groups in total. The third kappa shape index (κ3) is 3.21. The fourth-order valence-electron chi connectivity index (χ4n) is 1.51. The highest BCUT2D eigenvalue weighted by Gasteiger charge is 2.12. The van der Waals surface area contributed by atoms with E-state index in [1.807, 2.05) is 0 Å². The first-order valence-corrected chi connectivity index (χ1v) is 7.45. The number of nitrogens with one attached hydrogen (secondary N) is 1. The van der Waals surface area contributed by atoms with Crippen molar-refractivity contribution in [2.75, 3.05) is 0 Å². The Labute approximate surface area is 111 Å². The number of rotatable bonds is 3. The Morgan fingerprint density at radius 3 is 2.76 bits per heavy atom. The molecule has 1 aromatic heterocycles. The van der Waals surface area contributed by atoms with Crippen molar-refractivity contribution >= 4 is 33.5 Å². The van der Waals surface area contributed by atoms with Gasteiger partial charge >= 0.3 is 0 Å². The van der Waals surface area contributed by atoms with E-state index in [-0.39, 0.29) is 5.54 Å². The second-order valence-electron chi connectivity index (χ2n) is 5.05. The van der Waals surface area contributed by atoms with E-state index in [2.05, 4.69) is 50.6 Å². The van der Waals surface area contributed by atoms with E-state index in [0.717, 1.165) is 10.8 Å². The average molecular weight is 266 g/mol. The fourth-order valence-corrected chi connectivity index (χ4v) is 3.35. The lowest BCUT2D eigenvalue weighted by Gasteiger charge is -2.17. The molecule has 0 saturated heterocycles. The molecule has 0 aliphatic carbocycles. The first kappa shape index (κ1) is 12.9. The van der Waals surface area contributed by atoms with E-state index >= 15 is 0 Å². The number of fused-ring (bicyclic) bond motifs is 1. The lowest BCUT2D eigenvalue weighted by atomic mass is 10.1. The minimum atomic E-state index is 0.107. The zero-order valence-electron chi connectivity index (χ0n) is 10.7. The van der Waals surface area contributed by atoms with Gasteiger partial charge in [-0.15, -0.1) is 11.3 Å². The van der Waals surface area contributed by atoms with Crippen LogP contribution in [-0.2, 0) is 6.42 Å². The number of hydrogen-bond donors (Lipinski definition) is 1. The quantitative estimate of drug-likeness (QED) is 0.841. The summed E-state index contributed by atoms with van der Waals surface area (Å²) in [5.41, 5.74) is 2.61. The third-order valence-corrected chi connectivity index (χ3v) is 4.60. The van der Waals surface area contributed by atoms with Gasteiger partial charge in [0.15, 0.2) is 4.34 Å². The highest BCUT2D eigenvalue weighted by molar-refractivity contribution is 7.99. The molecule has 2 nitrogen and oxygen atoms in total. The predicted molar refractivity (Wildman–Crippen MR) is 77.7 cm³/mol. The summed E-state index contributed by atoms with van der Waals surface area (Å²) in [6, 6.07) is 6.42. The molecule has 1 heterocycles. The van der Waals surface area contributed by atoms with Crippen LogP contribution < -0.4 is 4.72 Å². The topological polar surface area (TPSA) is 24.9 Å². The van der Waals surface area contributed by atoms with Crippen LogP contribution >= 0.6 is 23.3 Å². The molecule has 2 aromatic rings. The summed E-state index contributed by atoms with van der Waals surface area (Å²) in [5.74, 6) is 0. The smallest absolute Gasteiger partial charge is 0.166 e. The largest absolute Gasteiger partial charge is 0.253 e. The number of aryl methyl sites for hydroxylation is 1. The summed E-state index contributed by atoms with van der Waals surface area (Å²) in [7, 11) is 0. The van der Waals surface area contributed by atoms with E-state index in [9.17, 15) is 0 Å². The van der Waals surface area contributed by atoms with Crippen molar-refractivity contribution in [2.45, 2.75) is 44.0 Å². The highest BCUT2D eigenvalue weighted by Crippen LogP contribution is 2.30. The van der Waals surface area contributed by atoms with Crippen LogP contribution in [0.4, 0.5) is 0 Å². The molecule has 0 radical (unpaired) electrons. The molecule has 0 bridgehead atoms. The molecule has 92 valence electrons. The van der Waals surface area contributed by atoms with Crippen LogP contribution in [0.1, 0.15) is 33.3 Å². The normalized spacial score (nSPS) is 12.2. The minimum absolute atomic E-state index is 0.107. The summed E-state index contributed by atoms with van der Waals surface area (Å²) in [6.07, 6.45) is 1.04. The van der Waals surface area contributed by atoms with E-state index in [1.54, 1.807) is 23.3 Å². The lowest BCUT2D eigenvalue weighted by molar-refractivity contribution is 0.535. The molecule has 0 amide bonds. The molecule has 0 unspecified atom stereocenters. The van der Waals surface area contributed by atoms with Crippen LogP contribution in [0.2, 0.25) is 0 Å². The van der Waals surface area contributed by atoms with Crippen molar-refractivity contribution in [3.63, 3.8) is 0 Å². The Morgan fingerprint density at radius 1 is 1.35 bits per heavy atom. The molecule has 4 heteroatoms. The predicted octanol–water partition coefficient (Wildman–Crippen LogP) is 4.25. The molecular weight excluding hydrogens is 248 g/mol. The summed E-state index contributed by atoms with van der Waals surface area (Å²) in [5, 5.41) is 0. The molecular formula is C13H18N2S2. The maximum Gasteiger partial charge on any atom is 0.166 e. The van der Waals surface area contributed by atoms with Crippen LogP contribution in [0, 0.1) is 0 Å². The van der Waals surface area contributed by atoms with E-state index in [1.165, 1.54) is 15.8 Å². The average Bonchev–Trinajstić information content (AvgIpc) is 2.67. The second kappa shape index (κ2) is 4.96. The van der Waals surface area contributed by atoms with Gasteiger partial charge in [-0.3, -0.25) is 4.72 Å². The summed E-state index contributed by atoms with van der Waals surface area (Å²) >= 11 is 3.39. The van der Waals surface area contributed by atoms with Crippen LogP contribution in [-0.4, -0.2) is 10.5 Å². The van der Waals surface area contributed by atoms with Gasteiger partial charge in [-0.1, -0.05) is 19.1 Å². The second-order valence-corrected chi connectivity index (χ2v) is 7.14. The maximum atomic E-state index is 4.71. The van der Waals surface area contributed by atoms with Crippen LogP contribution in [0.15, 0.2) is 22.5 Å². The molecule has 0 spiro atoms. The molecule has 0 saturated carbocycles. The Morgan fingerprint density at radius 2 is 2.12 bits per heavy atom. The van der Waals surface area contributed by atoms with Crippen LogP contribution in [0.25, 0.3) is 10.2 Å². The summed E-state index contributed by atoms with van der Waals surface area (Å²) in [6.45, 7) is 8.65. The number of hydrogen-bond acceptors (Lipinski definition) is 4. The van der Waals surface area contributed by atoms with E-state index in [0.29, 0.717) is 0 Å². The van der Waals surface area contributed by atoms with E-state index in [4.69, 9.17) is 4.98 Å². The van der Waals surface area contributed by atoms with Gasteiger partial charge in [0.25, 0.3) is 0 Å². The SMILES string of the molecule is CCc1cccc2sc(SNC(C)(C)C)nc12. The van der Waals surface area contributed by atoms with Crippen LogP contribution in [0.5, 0.6) is 0 Å². The van der Waals surface area contributed by atoms with Crippen molar-refractivity contribution < 1.29 is 0 Å². The standard InChI is InChI=1S/C13H18N2S2/c1-5-9-7-6-8-10-11(9)14-12(16-10)17-15-13(2,3)4/h6-8,15H,5H2,1-4H3. The number of para-hydroxylation sites is 1. The number of thiazole rings is 1. The van der Waals surface area contributed by atoms with Crippen molar-refractivity contribution in [3.8, 4) is 0 Å². The Bertz CT molecular complexity index is 512. The minimum Gasteiger partial charge on any atom is -0.253 e. The molecule has 17 heavy (non-hydrogen) atoms. The van der Waals surface area contributed by atoms with Crippen molar-refractivity contribution in [1.29, 1.82) is 0 Å². The maximum absolute atomic E-state index is 4.71. The van der Waals surface area contributed by atoms with Gasteiger partial charge < -0.3 is 0 Å². The van der Waals surface area contributed by atoms with Gasteiger partial charge in [-0.2, -0.15) is 0 Å². The van der Waals surface area contributed by atoms with Gasteiger partial charge in [0, 0.05) is 5.54 Å². The third-order valence-electron chi connectivity index (χ3n) is 2.31. The highest BCUT2D eigenvalue weighted by atomic mass is 32.2.